The molecule has 1 aliphatic heterocycles. The van der Waals surface area contributed by atoms with Crippen LogP contribution in [0.4, 0.5) is 5.69 Å². The lowest BCUT2D eigenvalue weighted by molar-refractivity contribution is -0.122. The van der Waals surface area contributed by atoms with Crippen LogP contribution in [0.15, 0.2) is 48.5 Å². The normalized spacial score (nSPS) is 16.9. The van der Waals surface area contributed by atoms with E-state index in [1.807, 2.05) is 48.5 Å². The third-order valence-corrected chi connectivity index (χ3v) is 6.21. The molecule has 1 aliphatic rings. The van der Waals surface area contributed by atoms with Crippen molar-refractivity contribution in [2.24, 2.45) is 0 Å². The fourth-order valence-electron chi connectivity index (χ4n) is 3.83. The number of fused-ring (bicyclic) bond motifs is 1. The molecule has 2 heterocycles. The van der Waals surface area contributed by atoms with Gasteiger partial charge in [0.2, 0.25) is 5.91 Å². The van der Waals surface area contributed by atoms with Gasteiger partial charge in [-0.1, -0.05) is 23.7 Å². The van der Waals surface area contributed by atoms with Crippen molar-refractivity contribution in [2.45, 2.75) is 24.8 Å². The van der Waals surface area contributed by atoms with Gasteiger partial charge in [0.05, 0.1) is 11.0 Å². The third kappa shape index (κ3) is 4.76. The smallest absolute Gasteiger partial charge is 0.240 e. The lowest BCUT2D eigenvalue weighted by Gasteiger charge is -2.19. The van der Waals surface area contributed by atoms with E-state index in [4.69, 9.17) is 11.6 Å². The predicted molar refractivity (Wildman–Crippen MR) is 118 cm³/mol. The highest BCUT2D eigenvalue weighted by Crippen LogP contribution is 2.23. The predicted octanol–water partition coefficient (Wildman–Crippen LogP) is 2.63. The molecule has 1 saturated heterocycles. The molecular weight excluding hydrogens is 424 g/mol. The Morgan fingerprint density at radius 3 is 2.67 bits per heavy atom. The summed E-state index contributed by atoms with van der Waals surface area (Å²) in [5.41, 5.74) is 2.51. The molecule has 0 bridgehead atoms. The third-order valence-electron chi connectivity index (χ3n) is 5.17. The minimum atomic E-state index is -3.28. The zero-order valence-electron chi connectivity index (χ0n) is 16.6. The van der Waals surface area contributed by atoms with Gasteiger partial charge in [0, 0.05) is 36.1 Å². The molecule has 4 rings (SSSR count). The zero-order chi connectivity index (χ0) is 21.3. The molecule has 0 spiro atoms. The number of aromatic nitrogens is 2. The van der Waals surface area contributed by atoms with Crippen molar-refractivity contribution in [1.29, 1.82) is 0 Å². The summed E-state index contributed by atoms with van der Waals surface area (Å²) in [7, 11) is -3.28. The van der Waals surface area contributed by atoms with E-state index in [2.05, 4.69) is 15.2 Å². The number of carbonyl (C=O) groups excluding carboxylic acids is 1. The van der Waals surface area contributed by atoms with E-state index >= 15 is 0 Å². The molecular formula is C21H23ClN4O3S. The maximum atomic E-state index is 12.8. The number of halogens is 1. The molecule has 30 heavy (non-hydrogen) atoms. The number of anilines is 1. The van der Waals surface area contributed by atoms with Gasteiger partial charge < -0.3 is 14.8 Å². The summed E-state index contributed by atoms with van der Waals surface area (Å²) in [6, 6.07) is 15.0. The van der Waals surface area contributed by atoms with Crippen LogP contribution in [-0.2, 0) is 26.9 Å². The number of nitrogens with one attached hydrogen (secondary N) is 1. The summed E-state index contributed by atoms with van der Waals surface area (Å²) in [4.78, 5) is 19.4. The molecule has 2 aromatic carbocycles. The second-order valence-electron chi connectivity index (χ2n) is 7.65. The number of benzene rings is 2. The minimum Gasteiger partial charge on any atom is -0.369 e. The van der Waals surface area contributed by atoms with Crippen molar-refractivity contribution in [3.8, 4) is 0 Å². The first-order valence-corrected chi connectivity index (χ1v) is 12.1. The summed E-state index contributed by atoms with van der Waals surface area (Å²) in [6.45, 7) is 1.59. The monoisotopic (exact) mass is 446 g/mol. The van der Waals surface area contributed by atoms with E-state index in [1.165, 1.54) is 6.26 Å². The quantitative estimate of drug-likeness (QED) is 0.629. The second-order valence-corrected chi connectivity index (χ2v) is 10.2. The first kappa shape index (κ1) is 20.7. The van der Waals surface area contributed by atoms with Crippen LogP contribution in [0, 0.1) is 0 Å². The van der Waals surface area contributed by atoms with Crippen LogP contribution in [0.3, 0.4) is 0 Å². The van der Waals surface area contributed by atoms with Crippen LogP contribution < -0.4 is 10.2 Å². The average Bonchev–Trinajstić information content (AvgIpc) is 3.26. The number of carbonyl (C=O) groups is 1. The van der Waals surface area contributed by atoms with E-state index in [9.17, 15) is 13.2 Å². The van der Waals surface area contributed by atoms with Gasteiger partial charge >= 0.3 is 0 Å². The highest BCUT2D eigenvalue weighted by atomic mass is 35.5. The van der Waals surface area contributed by atoms with Crippen molar-refractivity contribution in [2.75, 3.05) is 24.2 Å². The Morgan fingerprint density at radius 1 is 1.20 bits per heavy atom. The molecule has 158 valence electrons. The number of sulfone groups is 1. The van der Waals surface area contributed by atoms with E-state index in [0.717, 1.165) is 24.2 Å². The molecule has 3 aromatic rings. The first-order valence-electron chi connectivity index (χ1n) is 9.70. The molecule has 0 radical (unpaired) electrons. The Labute approximate surface area is 180 Å². The number of nitrogens with zero attached hydrogens (tertiary/aromatic N) is 3. The fraction of sp³-hybridized carbons (Fsp3) is 0.333. The highest BCUT2D eigenvalue weighted by Gasteiger charge is 2.25. The number of imidazole rings is 1. The lowest BCUT2D eigenvalue weighted by Crippen LogP contribution is -2.39. The summed E-state index contributed by atoms with van der Waals surface area (Å²) in [5, 5.41) is 3.77. The summed E-state index contributed by atoms with van der Waals surface area (Å²) >= 11 is 5.96. The SMILES string of the molecule is CS(=O)(=O)Cc1nc2ccccc2n1CC(=O)NC1CCN(c2ccc(Cl)cc2)C1. The van der Waals surface area contributed by atoms with Crippen molar-refractivity contribution >= 4 is 44.1 Å². The maximum absolute atomic E-state index is 12.8. The molecule has 9 heteroatoms. The number of para-hydroxylation sites is 2. The van der Waals surface area contributed by atoms with Crippen LogP contribution in [0.2, 0.25) is 5.02 Å². The van der Waals surface area contributed by atoms with Crippen molar-refractivity contribution < 1.29 is 13.2 Å². The van der Waals surface area contributed by atoms with E-state index in [0.29, 0.717) is 22.9 Å². The number of amides is 1. The Kier molecular flexibility index (Phi) is 5.71. The van der Waals surface area contributed by atoms with Crippen LogP contribution in [0.5, 0.6) is 0 Å². The van der Waals surface area contributed by atoms with Gasteiger partial charge in [-0.2, -0.15) is 0 Å². The molecule has 1 fully saturated rings. The topological polar surface area (TPSA) is 84.3 Å². The molecule has 1 unspecified atom stereocenters. The van der Waals surface area contributed by atoms with Crippen LogP contribution in [0.1, 0.15) is 12.2 Å². The number of hydrogen-bond acceptors (Lipinski definition) is 5. The van der Waals surface area contributed by atoms with Gasteiger partial charge in [0.25, 0.3) is 0 Å². The largest absolute Gasteiger partial charge is 0.369 e. The van der Waals surface area contributed by atoms with Crippen molar-refractivity contribution in [3.05, 3.63) is 59.4 Å². The molecule has 7 nitrogen and oxygen atoms in total. The average molecular weight is 447 g/mol. The van der Waals surface area contributed by atoms with Gasteiger partial charge in [-0.25, -0.2) is 13.4 Å². The van der Waals surface area contributed by atoms with Gasteiger partial charge in [0.1, 0.15) is 18.1 Å². The highest BCUT2D eigenvalue weighted by molar-refractivity contribution is 7.89. The maximum Gasteiger partial charge on any atom is 0.240 e. The van der Waals surface area contributed by atoms with E-state index < -0.39 is 9.84 Å². The summed E-state index contributed by atoms with van der Waals surface area (Å²) in [6.07, 6.45) is 2.01. The van der Waals surface area contributed by atoms with Crippen LogP contribution in [0.25, 0.3) is 11.0 Å². The molecule has 0 aliphatic carbocycles. The Balaban J connectivity index is 1.46. The number of rotatable bonds is 6. The van der Waals surface area contributed by atoms with Crippen LogP contribution >= 0.6 is 11.6 Å². The first-order chi connectivity index (χ1) is 14.3. The van der Waals surface area contributed by atoms with Crippen LogP contribution in [-0.4, -0.2) is 49.3 Å². The van der Waals surface area contributed by atoms with Gasteiger partial charge in [0.15, 0.2) is 9.84 Å². The Hall–Kier alpha value is -2.58. The second kappa shape index (κ2) is 8.28. The van der Waals surface area contributed by atoms with Gasteiger partial charge in [-0.15, -0.1) is 0 Å². The van der Waals surface area contributed by atoms with E-state index in [1.54, 1.807) is 4.57 Å². The van der Waals surface area contributed by atoms with E-state index in [-0.39, 0.29) is 24.2 Å². The van der Waals surface area contributed by atoms with Gasteiger partial charge in [-0.3, -0.25) is 4.79 Å². The van der Waals surface area contributed by atoms with Gasteiger partial charge in [-0.05, 0) is 42.8 Å². The summed E-state index contributed by atoms with van der Waals surface area (Å²) in [5.74, 6) is 0.0156. The Bertz CT molecular complexity index is 1170. The van der Waals surface area contributed by atoms with Crippen molar-refractivity contribution in [3.63, 3.8) is 0 Å². The molecule has 1 amide bonds. The molecule has 1 atom stereocenters. The standard InChI is InChI=1S/C21H23ClN4O3S/c1-30(28,29)14-20-24-18-4-2-3-5-19(18)26(20)13-21(27)23-16-10-11-25(12-16)17-8-6-15(22)7-9-17/h2-9,16H,10-14H2,1H3,(H,23,27). The summed E-state index contributed by atoms with van der Waals surface area (Å²) < 4.78 is 25.3. The zero-order valence-corrected chi connectivity index (χ0v) is 18.2. The lowest BCUT2D eigenvalue weighted by atomic mass is 10.2. The fourth-order valence-corrected chi connectivity index (χ4v) is 4.64. The minimum absolute atomic E-state index is 0.0290. The molecule has 0 saturated carbocycles. The molecule has 1 aromatic heterocycles. The van der Waals surface area contributed by atoms with Crippen molar-refractivity contribution in [1.82, 2.24) is 14.9 Å². The molecule has 1 N–H and O–H groups in total. The Morgan fingerprint density at radius 2 is 1.93 bits per heavy atom. The number of hydrogen-bond donors (Lipinski definition) is 1.